The molecule has 0 aliphatic heterocycles. The zero-order valence-electron chi connectivity index (χ0n) is 15.8. The Kier molecular flexibility index (Phi) is 6.46. The van der Waals surface area contributed by atoms with Crippen molar-refractivity contribution in [2.24, 2.45) is 0 Å². The van der Waals surface area contributed by atoms with Crippen LogP contribution in [-0.2, 0) is 21.2 Å². The van der Waals surface area contributed by atoms with E-state index in [1.54, 1.807) is 6.08 Å². The summed E-state index contributed by atoms with van der Waals surface area (Å²) < 4.78 is 34.1. The molecule has 148 valence electrons. The van der Waals surface area contributed by atoms with E-state index in [-0.39, 0.29) is 10.6 Å². The molecule has 5 nitrogen and oxygen atoms in total. The largest absolute Gasteiger partial charge is 0.489 e. The maximum absolute atomic E-state index is 12.1. The van der Waals surface area contributed by atoms with E-state index in [2.05, 4.69) is 0 Å². The summed E-state index contributed by atoms with van der Waals surface area (Å²) in [6.45, 7) is 0.451. The maximum atomic E-state index is 12.1. The molecule has 3 aromatic rings. The molecule has 6 heteroatoms. The minimum atomic E-state index is -3.37. The highest BCUT2D eigenvalue weighted by Crippen LogP contribution is 2.19. The molecule has 0 saturated heterocycles. The fourth-order valence-corrected chi connectivity index (χ4v) is 3.19. The van der Waals surface area contributed by atoms with E-state index in [0.29, 0.717) is 12.4 Å². The van der Waals surface area contributed by atoms with Gasteiger partial charge in [-0.1, -0.05) is 48.5 Å². The van der Waals surface area contributed by atoms with E-state index in [0.717, 1.165) is 17.4 Å². The van der Waals surface area contributed by atoms with Gasteiger partial charge in [-0.05, 0) is 47.5 Å². The second kappa shape index (κ2) is 9.21. The number of benzene rings is 3. The lowest BCUT2D eigenvalue weighted by molar-refractivity contribution is -0.128. The van der Waals surface area contributed by atoms with Crippen molar-refractivity contribution in [1.82, 2.24) is 0 Å². The molecular formula is C23H20O5S. The number of ether oxygens (including phenoxy) is 2. The van der Waals surface area contributed by atoms with Gasteiger partial charge in [-0.3, -0.25) is 0 Å². The van der Waals surface area contributed by atoms with Crippen LogP contribution >= 0.6 is 0 Å². The molecule has 0 heterocycles. The lowest BCUT2D eigenvalue weighted by atomic mass is 10.2. The van der Waals surface area contributed by atoms with Gasteiger partial charge in [-0.2, -0.15) is 0 Å². The van der Waals surface area contributed by atoms with Crippen molar-refractivity contribution >= 4 is 21.9 Å². The first-order chi connectivity index (χ1) is 13.9. The molecule has 0 aliphatic rings. The van der Waals surface area contributed by atoms with Gasteiger partial charge in [-0.25, -0.2) is 13.2 Å². The van der Waals surface area contributed by atoms with Gasteiger partial charge in [0.15, 0.2) is 9.84 Å². The molecule has 0 fully saturated rings. The zero-order chi connectivity index (χ0) is 20.7. The van der Waals surface area contributed by atoms with Gasteiger partial charge in [0, 0.05) is 12.3 Å². The van der Waals surface area contributed by atoms with Crippen LogP contribution < -0.4 is 9.47 Å². The Bertz CT molecular complexity index is 1120. The monoisotopic (exact) mass is 408 g/mol. The summed E-state index contributed by atoms with van der Waals surface area (Å²) in [7, 11) is -3.37. The van der Waals surface area contributed by atoms with Crippen molar-refractivity contribution < 1.29 is 22.7 Å². The Labute approximate surface area is 170 Å². The Morgan fingerprint density at radius 3 is 2.38 bits per heavy atom. The van der Waals surface area contributed by atoms with Gasteiger partial charge in [0.25, 0.3) is 0 Å². The standard InChI is InChI=1S/C23H20O5S/c1-29(25,26)22-12-6-11-21(16-22)28-23(24)14-13-18-9-5-10-20(15-18)27-17-19-7-3-2-4-8-19/h2-16H,17H2,1H3. The van der Waals surface area contributed by atoms with Crippen molar-refractivity contribution in [3.63, 3.8) is 0 Å². The third kappa shape index (κ3) is 6.33. The van der Waals surface area contributed by atoms with Crippen molar-refractivity contribution in [3.05, 3.63) is 96.1 Å². The topological polar surface area (TPSA) is 69.7 Å². The smallest absolute Gasteiger partial charge is 0.336 e. The number of carbonyl (C=O) groups excluding carboxylic acids is 1. The number of hydrogen-bond donors (Lipinski definition) is 0. The third-order valence-corrected chi connectivity index (χ3v) is 5.08. The van der Waals surface area contributed by atoms with E-state index in [4.69, 9.17) is 9.47 Å². The first kappa shape index (κ1) is 20.4. The fourth-order valence-electron chi connectivity index (χ4n) is 2.53. The van der Waals surface area contributed by atoms with E-state index in [1.807, 2.05) is 54.6 Å². The van der Waals surface area contributed by atoms with Crippen LogP contribution in [0.1, 0.15) is 11.1 Å². The second-order valence-corrected chi connectivity index (χ2v) is 8.36. The van der Waals surface area contributed by atoms with Crippen LogP contribution in [0, 0.1) is 0 Å². The summed E-state index contributed by atoms with van der Waals surface area (Å²) in [6.07, 6.45) is 3.99. The van der Waals surface area contributed by atoms with E-state index < -0.39 is 15.8 Å². The first-order valence-corrected chi connectivity index (χ1v) is 10.8. The number of rotatable bonds is 7. The molecule has 0 radical (unpaired) electrons. The zero-order valence-corrected chi connectivity index (χ0v) is 16.6. The Morgan fingerprint density at radius 2 is 1.62 bits per heavy atom. The normalized spacial score (nSPS) is 11.3. The van der Waals surface area contributed by atoms with Crippen LogP contribution in [0.3, 0.4) is 0 Å². The SMILES string of the molecule is CS(=O)(=O)c1cccc(OC(=O)C=Cc2cccc(OCc3ccccc3)c2)c1. The van der Waals surface area contributed by atoms with E-state index in [1.165, 1.54) is 30.3 Å². The molecule has 0 aromatic heterocycles. The van der Waals surface area contributed by atoms with Gasteiger partial charge < -0.3 is 9.47 Å². The van der Waals surface area contributed by atoms with Crippen LogP contribution in [-0.4, -0.2) is 20.6 Å². The number of sulfone groups is 1. The molecule has 3 rings (SSSR count). The Hall–Kier alpha value is -3.38. The van der Waals surface area contributed by atoms with E-state index in [9.17, 15) is 13.2 Å². The predicted octanol–water partition coefficient (Wildman–Crippen LogP) is 4.29. The lowest BCUT2D eigenvalue weighted by Gasteiger charge is -2.07. The minimum absolute atomic E-state index is 0.0926. The summed E-state index contributed by atoms with van der Waals surface area (Å²) in [5.74, 6) is 0.249. The number of esters is 1. The Balaban J connectivity index is 1.61. The lowest BCUT2D eigenvalue weighted by Crippen LogP contribution is -2.05. The maximum Gasteiger partial charge on any atom is 0.336 e. The van der Waals surface area contributed by atoms with Gasteiger partial charge >= 0.3 is 5.97 Å². The molecule has 0 unspecified atom stereocenters. The molecule has 0 saturated carbocycles. The fraction of sp³-hybridized carbons (Fsp3) is 0.0870. The molecule has 29 heavy (non-hydrogen) atoms. The molecule has 0 atom stereocenters. The van der Waals surface area contributed by atoms with Crippen molar-refractivity contribution in [1.29, 1.82) is 0 Å². The molecule has 0 bridgehead atoms. The number of hydrogen-bond acceptors (Lipinski definition) is 5. The van der Waals surface area contributed by atoms with Crippen LogP contribution in [0.15, 0.2) is 89.8 Å². The Morgan fingerprint density at radius 1 is 0.897 bits per heavy atom. The average molecular weight is 408 g/mol. The van der Waals surface area contributed by atoms with Crippen LogP contribution in [0.5, 0.6) is 11.5 Å². The van der Waals surface area contributed by atoms with Crippen LogP contribution in [0.25, 0.3) is 6.08 Å². The second-order valence-electron chi connectivity index (χ2n) is 6.35. The molecule has 0 amide bonds. The van der Waals surface area contributed by atoms with Crippen LogP contribution in [0.4, 0.5) is 0 Å². The third-order valence-electron chi connectivity index (χ3n) is 3.97. The highest BCUT2D eigenvalue weighted by atomic mass is 32.2. The van der Waals surface area contributed by atoms with E-state index >= 15 is 0 Å². The van der Waals surface area contributed by atoms with Crippen molar-refractivity contribution in [3.8, 4) is 11.5 Å². The summed E-state index contributed by atoms with van der Waals surface area (Å²) >= 11 is 0. The van der Waals surface area contributed by atoms with Crippen LogP contribution in [0.2, 0.25) is 0 Å². The molecule has 3 aromatic carbocycles. The quantitative estimate of drug-likeness (QED) is 0.331. The molecule has 0 spiro atoms. The molecule has 0 aliphatic carbocycles. The van der Waals surface area contributed by atoms with Gasteiger partial charge in [-0.15, -0.1) is 0 Å². The summed E-state index contributed by atoms with van der Waals surface area (Å²) in [5, 5.41) is 0. The highest BCUT2D eigenvalue weighted by molar-refractivity contribution is 7.90. The summed E-state index contributed by atoms with van der Waals surface area (Å²) in [5.41, 5.74) is 1.84. The summed E-state index contributed by atoms with van der Waals surface area (Å²) in [4.78, 5) is 12.1. The predicted molar refractivity (Wildman–Crippen MR) is 111 cm³/mol. The molecule has 0 N–H and O–H groups in total. The highest BCUT2D eigenvalue weighted by Gasteiger charge is 2.09. The average Bonchev–Trinajstić information content (AvgIpc) is 2.71. The summed E-state index contributed by atoms with van der Waals surface area (Å²) in [6, 6.07) is 23.0. The molecular weight excluding hydrogens is 388 g/mol. The first-order valence-electron chi connectivity index (χ1n) is 8.87. The number of carbonyl (C=O) groups is 1. The van der Waals surface area contributed by atoms with Gasteiger partial charge in [0.2, 0.25) is 0 Å². The van der Waals surface area contributed by atoms with Gasteiger partial charge in [0.1, 0.15) is 18.1 Å². The minimum Gasteiger partial charge on any atom is -0.489 e. The van der Waals surface area contributed by atoms with Gasteiger partial charge in [0.05, 0.1) is 4.90 Å². The van der Waals surface area contributed by atoms with Crippen molar-refractivity contribution in [2.45, 2.75) is 11.5 Å². The van der Waals surface area contributed by atoms with Crippen molar-refractivity contribution in [2.75, 3.05) is 6.26 Å².